The molecule has 0 aliphatic carbocycles. The van der Waals surface area contributed by atoms with Crippen LogP contribution in [0.25, 0.3) is 0 Å². The van der Waals surface area contributed by atoms with Crippen LogP contribution in [0.4, 0.5) is 5.69 Å². The van der Waals surface area contributed by atoms with E-state index in [2.05, 4.69) is 20.4 Å². The van der Waals surface area contributed by atoms with Gasteiger partial charge >= 0.3 is 5.97 Å². The summed E-state index contributed by atoms with van der Waals surface area (Å²) in [4.78, 5) is 15.3. The van der Waals surface area contributed by atoms with E-state index in [0.717, 1.165) is 37.9 Å². The van der Waals surface area contributed by atoms with Crippen LogP contribution in [-0.4, -0.2) is 46.3 Å². The molecule has 0 fully saturated rings. The minimum absolute atomic E-state index is 0. The van der Waals surface area contributed by atoms with Crippen molar-refractivity contribution >= 4 is 41.6 Å². The van der Waals surface area contributed by atoms with Gasteiger partial charge in [-0.1, -0.05) is 12.8 Å². The Labute approximate surface area is 179 Å². The van der Waals surface area contributed by atoms with Gasteiger partial charge in [-0.25, -0.2) is 0 Å². The van der Waals surface area contributed by atoms with Crippen LogP contribution in [0.3, 0.4) is 0 Å². The summed E-state index contributed by atoms with van der Waals surface area (Å²) in [6, 6.07) is 5.67. The summed E-state index contributed by atoms with van der Waals surface area (Å²) in [5.41, 5.74) is 0.875. The predicted octanol–water partition coefficient (Wildman–Crippen LogP) is 3.82. The zero-order valence-corrected chi connectivity index (χ0v) is 19.0. The smallest absolute Gasteiger partial charge is 0.305 e. The second-order valence-corrected chi connectivity index (χ2v) is 5.66. The lowest BCUT2D eigenvalue weighted by atomic mass is 10.1. The summed E-state index contributed by atoms with van der Waals surface area (Å²) in [7, 11) is 4.78. The van der Waals surface area contributed by atoms with Gasteiger partial charge in [0, 0.05) is 31.8 Å². The first-order chi connectivity index (χ1) is 12.6. The highest BCUT2D eigenvalue weighted by atomic mass is 127. The number of nitrogens with one attached hydrogen (secondary N) is 2. The zero-order valence-electron chi connectivity index (χ0n) is 16.7. The van der Waals surface area contributed by atoms with Crippen LogP contribution in [0, 0.1) is 0 Å². The highest BCUT2D eigenvalue weighted by Gasteiger charge is 2.07. The number of methoxy groups -OCH3 is 2. The quantitative estimate of drug-likeness (QED) is 0.160. The lowest BCUT2D eigenvalue weighted by Crippen LogP contribution is -2.31. The number of guanidine groups is 1. The van der Waals surface area contributed by atoms with Crippen molar-refractivity contribution < 1.29 is 19.0 Å². The molecule has 0 radical (unpaired) electrons. The first-order valence-electron chi connectivity index (χ1n) is 8.99. The average molecular weight is 493 g/mol. The number of rotatable bonds is 11. The Morgan fingerprint density at radius 2 is 1.85 bits per heavy atom. The number of unbranched alkanes of at least 4 members (excludes halogenated alkanes) is 3. The molecule has 8 heteroatoms. The molecule has 0 aliphatic heterocycles. The Morgan fingerprint density at radius 3 is 2.48 bits per heavy atom. The minimum atomic E-state index is -0.140. The van der Waals surface area contributed by atoms with E-state index >= 15 is 0 Å². The number of ether oxygens (including phenoxy) is 3. The molecule has 154 valence electrons. The molecular weight excluding hydrogens is 461 g/mol. The molecule has 0 unspecified atom stereocenters. The van der Waals surface area contributed by atoms with Gasteiger partial charge < -0.3 is 24.8 Å². The van der Waals surface area contributed by atoms with E-state index in [9.17, 15) is 4.79 Å². The van der Waals surface area contributed by atoms with Crippen molar-refractivity contribution in [2.75, 3.05) is 39.7 Å². The van der Waals surface area contributed by atoms with Crippen LogP contribution in [0.15, 0.2) is 23.2 Å². The zero-order chi connectivity index (χ0) is 19.2. The van der Waals surface area contributed by atoms with Gasteiger partial charge in [0.2, 0.25) is 0 Å². The normalized spacial score (nSPS) is 10.6. The molecule has 0 aliphatic rings. The molecule has 0 aromatic heterocycles. The molecule has 1 aromatic carbocycles. The molecule has 0 bridgehead atoms. The Hall–Kier alpha value is -1.71. The Kier molecular flexibility index (Phi) is 14.4. The van der Waals surface area contributed by atoms with Crippen molar-refractivity contribution in [3.63, 3.8) is 0 Å². The highest BCUT2D eigenvalue weighted by Crippen LogP contribution is 2.30. The number of esters is 1. The van der Waals surface area contributed by atoms with E-state index in [1.165, 1.54) is 7.11 Å². The maximum absolute atomic E-state index is 11.0. The van der Waals surface area contributed by atoms with Crippen molar-refractivity contribution in [3.8, 4) is 11.5 Å². The number of aliphatic imine (C=N–C) groups is 1. The molecule has 0 saturated carbocycles. The molecule has 7 nitrogen and oxygen atoms in total. The third-order valence-corrected chi connectivity index (χ3v) is 3.78. The molecule has 0 atom stereocenters. The third-order valence-electron chi connectivity index (χ3n) is 3.78. The van der Waals surface area contributed by atoms with E-state index in [1.807, 2.05) is 25.1 Å². The molecule has 1 aromatic rings. The van der Waals surface area contributed by atoms with Crippen LogP contribution in [-0.2, 0) is 9.53 Å². The predicted molar refractivity (Wildman–Crippen MR) is 120 cm³/mol. The summed E-state index contributed by atoms with van der Waals surface area (Å²) < 4.78 is 15.5. The van der Waals surface area contributed by atoms with Crippen molar-refractivity contribution in [1.82, 2.24) is 5.32 Å². The van der Waals surface area contributed by atoms with E-state index in [0.29, 0.717) is 30.5 Å². The molecule has 0 spiro atoms. The second-order valence-electron chi connectivity index (χ2n) is 5.66. The van der Waals surface area contributed by atoms with E-state index in [1.54, 1.807) is 14.2 Å². The standard InChI is InChI=1S/C19H31N3O4.HI/c1-5-26-17-14-15(11-12-16(17)24-3)22-19(20-2)21-13-9-7-6-8-10-18(23)25-4;/h11-12,14H,5-10,13H2,1-4H3,(H2,20,21,22);1H. The fourth-order valence-electron chi connectivity index (χ4n) is 2.40. The fraction of sp³-hybridized carbons (Fsp3) is 0.579. The molecule has 0 heterocycles. The van der Waals surface area contributed by atoms with Gasteiger partial charge in [0.05, 0.1) is 20.8 Å². The molecule has 0 amide bonds. The second kappa shape index (κ2) is 15.4. The highest BCUT2D eigenvalue weighted by molar-refractivity contribution is 14.0. The van der Waals surface area contributed by atoms with Crippen molar-refractivity contribution in [3.05, 3.63) is 18.2 Å². The van der Waals surface area contributed by atoms with Gasteiger partial charge in [-0.3, -0.25) is 9.79 Å². The van der Waals surface area contributed by atoms with Crippen molar-refractivity contribution in [2.24, 2.45) is 4.99 Å². The third kappa shape index (κ3) is 10.3. The van der Waals surface area contributed by atoms with E-state index in [-0.39, 0.29) is 29.9 Å². The number of carbonyl (C=O) groups excluding carboxylic acids is 1. The number of anilines is 1. The van der Waals surface area contributed by atoms with Crippen LogP contribution in [0.5, 0.6) is 11.5 Å². The van der Waals surface area contributed by atoms with Gasteiger partial charge in [0.1, 0.15) is 0 Å². The van der Waals surface area contributed by atoms with Gasteiger partial charge in [-0.15, -0.1) is 24.0 Å². The number of carbonyl (C=O) groups is 1. The molecule has 0 saturated heterocycles. The number of hydrogen-bond acceptors (Lipinski definition) is 5. The maximum Gasteiger partial charge on any atom is 0.305 e. The average Bonchev–Trinajstić information content (AvgIpc) is 2.66. The summed E-state index contributed by atoms with van der Waals surface area (Å²) >= 11 is 0. The number of nitrogens with zero attached hydrogens (tertiary/aromatic N) is 1. The summed E-state index contributed by atoms with van der Waals surface area (Å²) in [6.45, 7) is 3.32. The first kappa shape index (κ1) is 25.3. The number of halogens is 1. The molecule has 27 heavy (non-hydrogen) atoms. The fourth-order valence-corrected chi connectivity index (χ4v) is 2.40. The van der Waals surface area contributed by atoms with Gasteiger partial charge in [0.25, 0.3) is 0 Å². The van der Waals surface area contributed by atoms with Crippen LogP contribution < -0.4 is 20.1 Å². The molecular formula is C19H32IN3O4. The van der Waals surface area contributed by atoms with Gasteiger partial charge in [-0.2, -0.15) is 0 Å². The van der Waals surface area contributed by atoms with Gasteiger partial charge in [0.15, 0.2) is 17.5 Å². The summed E-state index contributed by atoms with van der Waals surface area (Å²) in [6.07, 6.45) is 4.43. The lowest BCUT2D eigenvalue weighted by Gasteiger charge is -2.14. The van der Waals surface area contributed by atoms with Gasteiger partial charge in [-0.05, 0) is 31.9 Å². The molecule has 1 rings (SSSR count). The Balaban J connectivity index is 0.00000676. The van der Waals surface area contributed by atoms with Crippen molar-refractivity contribution in [2.45, 2.75) is 39.0 Å². The monoisotopic (exact) mass is 493 g/mol. The summed E-state index contributed by atoms with van der Waals surface area (Å²) in [5.74, 6) is 1.96. The van der Waals surface area contributed by atoms with Crippen LogP contribution in [0.1, 0.15) is 39.0 Å². The maximum atomic E-state index is 11.0. The first-order valence-corrected chi connectivity index (χ1v) is 8.99. The minimum Gasteiger partial charge on any atom is -0.493 e. The lowest BCUT2D eigenvalue weighted by molar-refractivity contribution is -0.140. The largest absolute Gasteiger partial charge is 0.493 e. The Morgan fingerprint density at radius 1 is 1.11 bits per heavy atom. The van der Waals surface area contributed by atoms with Crippen LogP contribution in [0.2, 0.25) is 0 Å². The van der Waals surface area contributed by atoms with E-state index < -0.39 is 0 Å². The summed E-state index contributed by atoms with van der Waals surface area (Å²) in [5, 5.41) is 6.53. The van der Waals surface area contributed by atoms with Crippen LogP contribution >= 0.6 is 24.0 Å². The SMILES string of the molecule is CCOc1cc(NC(=NC)NCCCCCCC(=O)OC)ccc1OC.I. The number of hydrogen-bond donors (Lipinski definition) is 2. The Bertz CT molecular complexity index is 582. The topological polar surface area (TPSA) is 81.2 Å². The van der Waals surface area contributed by atoms with E-state index in [4.69, 9.17) is 9.47 Å². The number of benzene rings is 1. The molecule has 2 N–H and O–H groups in total. The van der Waals surface area contributed by atoms with Crippen molar-refractivity contribution in [1.29, 1.82) is 0 Å².